The van der Waals surface area contributed by atoms with Crippen LogP contribution in [-0.2, 0) is 0 Å². The van der Waals surface area contributed by atoms with E-state index in [0.29, 0.717) is 0 Å². The quantitative estimate of drug-likeness (QED) is 0.599. The lowest BCUT2D eigenvalue weighted by Gasteiger charge is -1.93. The molecule has 3 aromatic rings. The van der Waals surface area contributed by atoms with Crippen LogP contribution < -0.4 is 5.56 Å². The monoisotopic (exact) mass is 213 g/mol. The van der Waals surface area contributed by atoms with Crippen molar-refractivity contribution in [1.29, 1.82) is 0 Å². The molecule has 0 unspecified atom stereocenters. The molecule has 4 nitrogen and oxygen atoms in total. The summed E-state index contributed by atoms with van der Waals surface area (Å²) < 4.78 is 0. The maximum atomic E-state index is 10.8. The largest absolute Gasteiger partial charge is 0.322 e. The summed E-state index contributed by atoms with van der Waals surface area (Å²) in [6, 6.07) is 12.9. The van der Waals surface area contributed by atoms with Crippen LogP contribution in [0, 0.1) is 0 Å². The molecule has 2 N–H and O–H groups in total. The Labute approximate surface area is 92.0 Å². The van der Waals surface area contributed by atoms with E-state index in [2.05, 4.69) is 15.2 Å². The van der Waals surface area contributed by atoms with Crippen molar-refractivity contribution < 1.29 is 0 Å². The van der Waals surface area contributed by atoms with E-state index >= 15 is 0 Å². The predicted molar refractivity (Wildman–Crippen MR) is 63.2 cm³/mol. The van der Waals surface area contributed by atoms with Crippen molar-refractivity contribution in [3.8, 4) is 0 Å². The minimum atomic E-state index is -0.0521. The summed E-state index contributed by atoms with van der Waals surface area (Å²) in [5, 5.41) is 7.27. The molecular weight excluding hydrogens is 202 g/mol. The topological polar surface area (TPSA) is 61.5 Å². The fraction of sp³-hybridized carbons (Fsp3) is 0. The van der Waals surface area contributed by atoms with Crippen LogP contribution in [0.2, 0.25) is 0 Å². The zero-order valence-corrected chi connectivity index (χ0v) is 8.55. The third-order valence-electron chi connectivity index (χ3n) is 2.04. The fourth-order valence-corrected chi connectivity index (χ4v) is 1.31. The van der Waals surface area contributed by atoms with Crippen LogP contribution in [0.5, 0.6) is 0 Å². The molecule has 0 radical (unpaired) electrons. The van der Waals surface area contributed by atoms with Gasteiger partial charge in [-0.25, -0.2) is 0 Å². The number of nitrogens with zero attached hydrogens (tertiary/aromatic N) is 1. The van der Waals surface area contributed by atoms with Gasteiger partial charge in [0.1, 0.15) is 0 Å². The minimum Gasteiger partial charge on any atom is -0.322 e. The molecule has 3 rings (SSSR count). The Balaban J connectivity index is 0.000000162. The molecule has 4 heteroatoms. The number of aromatic amines is 2. The van der Waals surface area contributed by atoms with Crippen LogP contribution in [0.25, 0.3) is 10.9 Å². The number of aromatic nitrogens is 3. The van der Waals surface area contributed by atoms with Gasteiger partial charge in [0.05, 0.1) is 0 Å². The minimum absolute atomic E-state index is 0.0521. The van der Waals surface area contributed by atoms with Gasteiger partial charge in [0, 0.05) is 24.0 Å². The summed E-state index contributed by atoms with van der Waals surface area (Å²) >= 11 is 0. The van der Waals surface area contributed by atoms with Crippen molar-refractivity contribution in [2.75, 3.05) is 0 Å². The van der Waals surface area contributed by atoms with Gasteiger partial charge in [-0.2, -0.15) is 5.10 Å². The van der Waals surface area contributed by atoms with Crippen LogP contribution in [0.15, 0.2) is 59.7 Å². The summed E-state index contributed by atoms with van der Waals surface area (Å²) in [7, 11) is 0. The van der Waals surface area contributed by atoms with Crippen molar-refractivity contribution in [2.45, 2.75) is 0 Å². The number of para-hydroxylation sites is 1. The SMILES string of the molecule is O=c1ccc2ccccc2[nH]1.c1cn[nH]c1. The van der Waals surface area contributed by atoms with Gasteiger partial charge in [0.15, 0.2) is 0 Å². The molecule has 1 aromatic carbocycles. The average molecular weight is 213 g/mol. The lowest BCUT2D eigenvalue weighted by molar-refractivity contribution is 1.09. The van der Waals surface area contributed by atoms with E-state index in [9.17, 15) is 4.79 Å². The first kappa shape index (κ1) is 10.2. The Morgan fingerprint density at radius 2 is 1.88 bits per heavy atom. The van der Waals surface area contributed by atoms with Crippen LogP contribution in [0.1, 0.15) is 0 Å². The van der Waals surface area contributed by atoms with Crippen molar-refractivity contribution in [3.05, 3.63) is 65.2 Å². The first-order chi connectivity index (χ1) is 7.86. The smallest absolute Gasteiger partial charge is 0.248 e. The molecule has 0 saturated carbocycles. The second kappa shape index (κ2) is 4.93. The van der Waals surface area contributed by atoms with E-state index in [0.717, 1.165) is 10.9 Å². The van der Waals surface area contributed by atoms with Gasteiger partial charge >= 0.3 is 0 Å². The van der Waals surface area contributed by atoms with E-state index in [1.165, 1.54) is 6.07 Å². The Morgan fingerprint density at radius 1 is 1.00 bits per heavy atom. The van der Waals surface area contributed by atoms with Gasteiger partial charge in [-0.15, -0.1) is 0 Å². The van der Waals surface area contributed by atoms with Gasteiger partial charge in [-0.1, -0.05) is 18.2 Å². The molecule has 2 aromatic heterocycles. The Hall–Kier alpha value is -2.36. The van der Waals surface area contributed by atoms with E-state index in [1.54, 1.807) is 12.4 Å². The molecule has 0 bridgehead atoms. The Morgan fingerprint density at radius 3 is 2.56 bits per heavy atom. The van der Waals surface area contributed by atoms with Crippen LogP contribution >= 0.6 is 0 Å². The van der Waals surface area contributed by atoms with E-state index < -0.39 is 0 Å². The van der Waals surface area contributed by atoms with Crippen LogP contribution in [0.3, 0.4) is 0 Å². The first-order valence-electron chi connectivity index (χ1n) is 4.88. The third kappa shape index (κ3) is 2.57. The van der Waals surface area contributed by atoms with Crippen molar-refractivity contribution in [2.24, 2.45) is 0 Å². The summed E-state index contributed by atoms with van der Waals surface area (Å²) in [5.74, 6) is 0. The van der Waals surface area contributed by atoms with Crippen LogP contribution in [-0.4, -0.2) is 15.2 Å². The highest BCUT2D eigenvalue weighted by atomic mass is 16.1. The van der Waals surface area contributed by atoms with Crippen LogP contribution in [0.4, 0.5) is 0 Å². The van der Waals surface area contributed by atoms with Crippen molar-refractivity contribution in [1.82, 2.24) is 15.2 Å². The standard InChI is InChI=1S/C9H7NO.C3H4N2/c11-9-6-5-7-3-1-2-4-8(7)10-9;1-2-4-5-3-1/h1-6H,(H,10,11);1-3H,(H,4,5). The number of nitrogens with one attached hydrogen (secondary N) is 2. The molecule has 0 aliphatic carbocycles. The summed E-state index contributed by atoms with van der Waals surface area (Å²) in [5.41, 5.74) is 0.837. The number of fused-ring (bicyclic) bond motifs is 1. The average Bonchev–Trinajstić information content (AvgIpc) is 2.87. The van der Waals surface area contributed by atoms with Gasteiger partial charge in [0.2, 0.25) is 5.56 Å². The Kier molecular flexibility index (Phi) is 3.13. The normalized spacial score (nSPS) is 9.50. The number of hydrogen-bond donors (Lipinski definition) is 2. The number of rotatable bonds is 0. The maximum absolute atomic E-state index is 10.8. The second-order valence-corrected chi connectivity index (χ2v) is 3.18. The molecule has 0 aliphatic heterocycles. The number of H-pyrrole nitrogens is 2. The molecule has 0 spiro atoms. The predicted octanol–water partition coefficient (Wildman–Crippen LogP) is 1.94. The van der Waals surface area contributed by atoms with Crippen molar-refractivity contribution >= 4 is 10.9 Å². The molecular formula is C12H11N3O. The Bertz CT molecular complexity index is 582. The maximum Gasteiger partial charge on any atom is 0.248 e. The zero-order chi connectivity index (χ0) is 11.2. The molecule has 0 saturated heterocycles. The van der Waals surface area contributed by atoms with Gasteiger partial charge < -0.3 is 4.98 Å². The molecule has 16 heavy (non-hydrogen) atoms. The highest BCUT2D eigenvalue weighted by Gasteiger charge is 1.89. The first-order valence-corrected chi connectivity index (χ1v) is 4.88. The third-order valence-corrected chi connectivity index (χ3v) is 2.04. The lowest BCUT2D eigenvalue weighted by atomic mass is 10.2. The summed E-state index contributed by atoms with van der Waals surface area (Å²) in [6.45, 7) is 0. The lowest BCUT2D eigenvalue weighted by Crippen LogP contribution is -2.01. The van der Waals surface area contributed by atoms with Gasteiger partial charge in [0.25, 0.3) is 0 Å². The number of pyridine rings is 1. The molecule has 0 aliphatic rings. The molecule has 80 valence electrons. The van der Waals surface area contributed by atoms with Gasteiger partial charge in [-0.3, -0.25) is 9.89 Å². The second-order valence-electron chi connectivity index (χ2n) is 3.18. The van der Waals surface area contributed by atoms with E-state index in [4.69, 9.17) is 0 Å². The highest BCUT2D eigenvalue weighted by molar-refractivity contribution is 5.77. The zero-order valence-electron chi connectivity index (χ0n) is 8.55. The molecule has 2 heterocycles. The van der Waals surface area contributed by atoms with E-state index in [1.807, 2.05) is 36.4 Å². The number of hydrogen-bond acceptors (Lipinski definition) is 2. The van der Waals surface area contributed by atoms with Gasteiger partial charge in [-0.05, 0) is 23.6 Å². The highest BCUT2D eigenvalue weighted by Crippen LogP contribution is 2.06. The molecule has 0 amide bonds. The van der Waals surface area contributed by atoms with Crippen molar-refractivity contribution in [3.63, 3.8) is 0 Å². The summed E-state index contributed by atoms with van der Waals surface area (Å²) in [4.78, 5) is 13.6. The molecule has 0 fully saturated rings. The summed E-state index contributed by atoms with van der Waals surface area (Å²) in [6.07, 6.45) is 3.46. The molecule has 0 atom stereocenters. The van der Waals surface area contributed by atoms with E-state index in [-0.39, 0.29) is 5.56 Å². The number of benzene rings is 1. The fourth-order valence-electron chi connectivity index (χ4n) is 1.31.